The van der Waals surface area contributed by atoms with E-state index in [1.54, 1.807) is 0 Å². The normalized spacial score (nSPS) is 16.3. The van der Waals surface area contributed by atoms with Gasteiger partial charge in [0.05, 0.1) is 18.7 Å². The van der Waals surface area contributed by atoms with E-state index in [9.17, 15) is 9.90 Å². The van der Waals surface area contributed by atoms with Gasteiger partial charge in [0.1, 0.15) is 5.76 Å². The number of nitrogens with zero attached hydrogens (tertiary/aromatic N) is 1. The van der Waals surface area contributed by atoms with Gasteiger partial charge >= 0.3 is 0 Å². The maximum atomic E-state index is 12.4. The molecule has 0 saturated carbocycles. The molecule has 146 valence electrons. The monoisotopic (exact) mass is 372 g/mol. The third-order valence-corrected chi connectivity index (χ3v) is 5.38. The van der Waals surface area contributed by atoms with Crippen LogP contribution in [-0.2, 0) is 22.4 Å². The lowest BCUT2D eigenvalue weighted by atomic mass is 9.81. The van der Waals surface area contributed by atoms with Crippen LogP contribution >= 0.6 is 0 Å². The second-order valence-electron chi connectivity index (χ2n) is 7.30. The van der Waals surface area contributed by atoms with E-state index in [-0.39, 0.29) is 24.3 Å². The Hall–Kier alpha value is -2.18. The fourth-order valence-electron chi connectivity index (χ4n) is 3.29. The van der Waals surface area contributed by atoms with Crippen molar-refractivity contribution in [2.75, 3.05) is 26.4 Å². The number of aliphatic hydroxyl groups is 1. The number of nitrogens with one attached hydrogen (secondary N) is 1. The Morgan fingerprint density at radius 3 is 2.59 bits per heavy atom. The number of aromatic nitrogens is 1. The predicted molar refractivity (Wildman–Crippen MR) is 102 cm³/mol. The van der Waals surface area contributed by atoms with Crippen LogP contribution in [0.4, 0.5) is 0 Å². The fraction of sp³-hybridized carbons (Fsp3) is 0.524. The first-order chi connectivity index (χ1) is 13.0. The van der Waals surface area contributed by atoms with Gasteiger partial charge in [-0.2, -0.15) is 0 Å². The standard InChI is InChI=1S/C21H28N2O4/c1-3-16-4-6-17(7-5-16)20-23-18(15(2)27-20)12-19(25)22-13-21(14-24)8-10-26-11-9-21/h4-7,24H,3,8-14H2,1-2H3,(H,22,25). The summed E-state index contributed by atoms with van der Waals surface area (Å²) < 4.78 is 11.1. The lowest BCUT2D eigenvalue weighted by molar-refractivity contribution is -0.121. The summed E-state index contributed by atoms with van der Waals surface area (Å²) >= 11 is 0. The summed E-state index contributed by atoms with van der Waals surface area (Å²) in [6.45, 7) is 5.69. The van der Waals surface area contributed by atoms with Gasteiger partial charge in [-0.15, -0.1) is 0 Å². The van der Waals surface area contributed by atoms with Crippen LogP contribution in [-0.4, -0.2) is 42.4 Å². The van der Waals surface area contributed by atoms with Gasteiger partial charge in [-0.3, -0.25) is 4.79 Å². The summed E-state index contributed by atoms with van der Waals surface area (Å²) in [4.78, 5) is 16.9. The van der Waals surface area contributed by atoms with Crippen LogP contribution < -0.4 is 5.32 Å². The number of ether oxygens (including phenoxy) is 1. The average Bonchev–Trinajstić information content (AvgIpc) is 3.07. The van der Waals surface area contributed by atoms with Gasteiger partial charge in [0.15, 0.2) is 0 Å². The van der Waals surface area contributed by atoms with Crippen LogP contribution in [0.1, 0.15) is 36.8 Å². The highest BCUT2D eigenvalue weighted by molar-refractivity contribution is 5.78. The van der Waals surface area contributed by atoms with Gasteiger partial charge in [0, 0.05) is 30.7 Å². The zero-order valence-electron chi connectivity index (χ0n) is 16.1. The van der Waals surface area contributed by atoms with Crippen molar-refractivity contribution in [1.29, 1.82) is 0 Å². The van der Waals surface area contributed by atoms with E-state index in [4.69, 9.17) is 9.15 Å². The quantitative estimate of drug-likeness (QED) is 0.781. The number of benzene rings is 1. The number of rotatable bonds is 7. The summed E-state index contributed by atoms with van der Waals surface area (Å²) in [5, 5.41) is 12.7. The molecule has 1 aromatic heterocycles. The van der Waals surface area contributed by atoms with Crippen molar-refractivity contribution < 1.29 is 19.1 Å². The Labute approximate surface area is 159 Å². The third kappa shape index (κ3) is 4.76. The maximum Gasteiger partial charge on any atom is 0.226 e. The zero-order chi connectivity index (χ0) is 19.3. The lowest BCUT2D eigenvalue weighted by Crippen LogP contribution is -2.44. The fourth-order valence-corrected chi connectivity index (χ4v) is 3.29. The van der Waals surface area contributed by atoms with E-state index in [1.165, 1.54) is 5.56 Å². The minimum Gasteiger partial charge on any atom is -0.441 e. The van der Waals surface area contributed by atoms with Crippen molar-refractivity contribution in [1.82, 2.24) is 10.3 Å². The number of carbonyl (C=O) groups excluding carboxylic acids is 1. The second-order valence-corrected chi connectivity index (χ2v) is 7.30. The number of aryl methyl sites for hydroxylation is 2. The minimum atomic E-state index is -0.279. The molecule has 1 aliphatic heterocycles. The Bertz CT molecular complexity index is 761. The van der Waals surface area contributed by atoms with Gasteiger partial charge in [-0.25, -0.2) is 4.98 Å². The molecule has 3 rings (SSSR count). The Kier molecular flexibility index (Phi) is 6.29. The van der Waals surface area contributed by atoms with Gasteiger partial charge in [-0.1, -0.05) is 19.1 Å². The Morgan fingerprint density at radius 2 is 1.96 bits per heavy atom. The van der Waals surface area contributed by atoms with Gasteiger partial charge in [0.2, 0.25) is 11.8 Å². The molecule has 1 fully saturated rings. The summed E-state index contributed by atoms with van der Waals surface area (Å²) in [5.41, 5.74) is 2.53. The molecule has 0 radical (unpaired) electrons. The summed E-state index contributed by atoms with van der Waals surface area (Å²) in [7, 11) is 0. The molecule has 2 N–H and O–H groups in total. The van der Waals surface area contributed by atoms with E-state index >= 15 is 0 Å². The van der Waals surface area contributed by atoms with Crippen molar-refractivity contribution in [3.05, 3.63) is 41.3 Å². The molecule has 0 spiro atoms. The molecule has 27 heavy (non-hydrogen) atoms. The van der Waals surface area contributed by atoms with Crippen LogP contribution in [0.3, 0.4) is 0 Å². The molecule has 2 aromatic rings. The molecule has 1 saturated heterocycles. The molecular formula is C21H28N2O4. The van der Waals surface area contributed by atoms with Crippen molar-refractivity contribution >= 4 is 5.91 Å². The highest BCUT2D eigenvalue weighted by Crippen LogP contribution is 2.29. The van der Waals surface area contributed by atoms with E-state index in [1.807, 2.05) is 19.1 Å². The zero-order valence-corrected chi connectivity index (χ0v) is 16.1. The average molecular weight is 372 g/mol. The number of hydrogen-bond acceptors (Lipinski definition) is 5. The molecule has 2 heterocycles. The van der Waals surface area contributed by atoms with Gasteiger partial charge in [0.25, 0.3) is 0 Å². The van der Waals surface area contributed by atoms with Crippen LogP contribution in [0.25, 0.3) is 11.5 Å². The third-order valence-electron chi connectivity index (χ3n) is 5.38. The van der Waals surface area contributed by atoms with Crippen LogP contribution in [0.5, 0.6) is 0 Å². The van der Waals surface area contributed by atoms with Crippen molar-refractivity contribution in [2.45, 2.75) is 39.5 Å². The number of aliphatic hydroxyl groups excluding tert-OH is 1. The largest absolute Gasteiger partial charge is 0.441 e. The molecule has 1 amide bonds. The Balaban J connectivity index is 1.61. The molecule has 6 nitrogen and oxygen atoms in total. The number of hydrogen-bond donors (Lipinski definition) is 2. The van der Waals surface area contributed by atoms with E-state index in [0.29, 0.717) is 37.1 Å². The topological polar surface area (TPSA) is 84.6 Å². The summed E-state index contributed by atoms with van der Waals surface area (Å²) in [6.07, 6.45) is 2.66. The maximum absolute atomic E-state index is 12.4. The number of oxazole rings is 1. The predicted octanol–water partition coefficient (Wildman–Crippen LogP) is 2.66. The van der Waals surface area contributed by atoms with Gasteiger partial charge < -0.3 is 19.6 Å². The van der Waals surface area contributed by atoms with Crippen molar-refractivity contribution in [2.24, 2.45) is 5.41 Å². The Morgan fingerprint density at radius 1 is 1.26 bits per heavy atom. The van der Waals surface area contributed by atoms with Crippen molar-refractivity contribution in [3.63, 3.8) is 0 Å². The van der Waals surface area contributed by atoms with Gasteiger partial charge in [-0.05, 0) is 43.9 Å². The van der Waals surface area contributed by atoms with Crippen LogP contribution in [0.15, 0.2) is 28.7 Å². The highest BCUT2D eigenvalue weighted by Gasteiger charge is 2.32. The molecule has 0 aliphatic carbocycles. The highest BCUT2D eigenvalue weighted by atomic mass is 16.5. The summed E-state index contributed by atoms with van der Waals surface area (Å²) in [5.74, 6) is 1.08. The number of amides is 1. The summed E-state index contributed by atoms with van der Waals surface area (Å²) in [6, 6.07) is 8.10. The molecule has 6 heteroatoms. The van der Waals surface area contributed by atoms with Crippen molar-refractivity contribution in [3.8, 4) is 11.5 Å². The molecule has 1 aliphatic rings. The van der Waals surface area contributed by atoms with E-state index < -0.39 is 0 Å². The van der Waals surface area contributed by atoms with Crippen LogP contribution in [0, 0.1) is 12.3 Å². The molecule has 1 aromatic carbocycles. The SMILES string of the molecule is CCc1ccc(-c2nc(CC(=O)NCC3(CO)CCOCC3)c(C)o2)cc1. The molecule has 0 unspecified atom stereocenters. The molecule has 0 bridgehead atoms. The number of carbonyl (C=O) groups is 1. The molecule has 0 atom stereocenters. The lowest BCUT2D eigenvalue weighted by Gasteiger charge is -2.35. The minimum absolute atomic E-state index is 0.0531. The van der Waals surface area contributed by atoms with Crippen LogP contribution in [0.2, 0.25) is 0 Å². The first-order valence-corrected chi connectivity index (χ1v) is 9.56. The van der Waals surface area contributed by atoms with E-state index in [2.05, 4.69) is 29.4 Å². The first kappa shape index (κ1) is 19.6. The van der Waals surface area contributed by atoms with E-state index in [0.717, 1.165) is 24.8 Å². The second kappa shape index (κ2) is 8.67. The smallest absolute Gasteiger partial charge is 0.226 e. The molecular weight excluding hydrogens is 344 g/mol. The first-order valence-electron chi connectivity index (χ1n) is 9.56.